The molecule has 1 saturated carbocycles. The van der Waals surface area contributed by atoms with Crippen molar-refractivity contribution in [2.45, 2.75) is 75.6 Å². The lowest BCUT2D eigenvalue weighted by Gasteiger charge is -2.33. The first kappa shape index (κ1) is 24.2. The van der Waals surface area contributed by atoms with Gasteiger partial charge in [0.05, 0.1) is 38.2 Å². The lowest BCUT2D eigenvalue weighted by molar-refractivity contribution is -0.0106. The molecule has 8 nitrogen and oxygen atoms in total. The first-order valence-corrected chi connectivity index (χ1v) is 13.6. The van der Waals surface area contributed by atoms with Crippen molar-refractivity contribution in [1.29, 1.82) is 0 Å². The van der Waals surface area contributed by atoms with E-state index in [0.29, 0.717) is 25.2 Å². The van der Waals surface area contributed by atoms with Gasteiger partial charge in [-0.15, -0.1) is 0 Å². The number of hydrogen-bond donors (Lipinski definition) is 1. The van der Waals surface area contributed by atoms with Crippen LogP contribution in [0.4, 0.5) is 9.18 Å². The molecule has 5 rings (SSSR count). The van der Waals surface area contributed by atoms with Gasteiger partial charge in [0.2, 0.25) is 10.0 Å². The van der Waals surface area contributed by atoms with Crippen molar-refractivity contribution in [2.24, 2.45) is 0 Å². The lowest BCUT2D eigenvalue weighted by Crippen LogP contribution is -2.50. The molecule has 1 amide bonds. The van der Waals surface area contributed by atoms with Gasteiger partial charge in [0.1, 0.15) is 11.6 Å². The number of nitrogens with one attached hydrogen (secondary N) is 1. The zero-order valence-electron chi connectivity index (χ0n) is 19.2. The van der Waals surface area contributed by atoms with Crippen LogP contribution in [0.1, 0.15) is 56.9 Å². The molecule has 10 heteroatoms. The Balaban J connectivity index is 1.53. The third kappa shape index (κ3) is 6.16. The van der Waals surface area contributed by atoms with Crippen LogP contribution in [-0.2, 0) is 19.5 Å². The van der Waals surface area contributed by atoms with E-state index in [0.717, 1.165) is 37.5 Å². The molecule has 3 heterocycles. The van der Waals surface area contributed by atoms with Gasteiger partial charge in [-0.25, -0.2) is 22.3 Å². The van der Waals surface area contributed by atoms with Crippen molar-refractivity contribution >= 4 is 16.1 Å². The van der Waals surface area contributed by atoms with Gasteiger partial charge in [-0.1, -0.05) is 0 Å². The number of benzene rings is 1. The van der Waals surface area contributed by atoms with E-state index in [-0.39, 0.29) is 37.1 Å². The van der Waals surface area contributed by atoms with Gasteiger partial charge in [-0.3, -0.25) is 4.90 Å². The Morgan fingerprint density at radius 2 is 1.82 bits per heavy atom. The van der Waals surface area contributed by atoms with Gasteiger partial charge in [-0.2, -0.15) is 0 Å². The molecule has 0 radical (unpaired) electrons. The fourth-order valence-electron chi connectivity index (χ4n) is 5.26. The molecule has 33 heavy (non-hydrogen) atoms. The van der Waals surface area contributed by atoms with Gasteiger partial charge in [0.15, 0.2) is 0 Å². The van der Waals surface area contributed by atoms with Crippen molar-refractivity contribution in [3.05, 3.63) is 29.6 Å². The Bertz CT molecular complexity index is 950. The fourth-order valence-corrected chi connectivity index (χ4v) is 6.06. The lowest BCUT2D eigenvalue weighted by atomic mass is 9.82. The summed E-state index contributed by atoms with van der Waals surface area (Å²) >= 11 is 0. The van der Waals surface area contributed by atoms with Gasteiger partial charge in [0, 0.05) is 24.6 Å². The van der Waals surface area contributed by atoms with Crippen LogP contribution in [-0.4, -0.2) is 69.7 Å². The number of rotatable bonds is 2. The smallest absolute Gasteiger partial charge is 0.410 e. The maximum atomic E-state index is 14.2. The number of ether oxygens (including phenoxy) is 3. The summed E-state index contributed by atoms with van der Waals surface area (Å²) in [6, 6.07) is 3.78. The minimum atomic E-state index is -3.45. The van der Waals surface area contributed by atoms with Gasteiger partial charge in [-0.05, 0) is 62.6 Å². The molecule has 1 aromatic carbocycles. The molecule has 2 fully saturated rings. The number of fused-ring (bicyclic) bond motifs is 8. The highest BCUT2D eigenvalue weighted by atomic mass is 32.2. The average Bonchev–Trinajstić information content (AvgIpc) is 3.04. The molecule has 3 aliphatic heterocycles. The number of amides is 1. The number of hydrogen-bond acceptors (Lipinski definition) is 6. The molecule has 4 aliphatic rings. The molecule has 1 aliphatic carbocycles. The molecule has 0 aromatic heterocycles. The van der Waals surface area contributed by atoms with Crippen LogP contribution in [0.3, 0.4) is 0 Å². The van der Waals surface area contributed by atoms with E-state index in [2.05, 4.69) is 4.72 Å². The quantitative estimate of drug-likeness (QED) is 0.693. The third-order valence-electron chi connectivity index (χ3n) is 6.79. The van der Waals surface area contributed by atoms with Crippen LogP contribution in [0.2, 0.25) is 0 Å². The predicted octanol–water partition coefficient (Wildman–Crippen LogP) is 3.17. The van der Waals surface area contributed by atoms with E-state index >= 15 is 0 Å². The number of carbonyl (C=O) groups excluding carboxylic acids is 1. The summed E-state index contributed by atoms with van der Waals surface area (Å²) in [4.78, 5) is 14.5. The zero-order valence-corrected chi connectivity index (χ0v) is 20.0. The van der Waals surface area contributed by atoms with Gasteiger partial charge >= 0.3 is 6.09 Å². The van der Waals surface area contributed by atoms with Crippen molar-refractivity contribution < 1.29 is 31.8 Å². The Kier molecular flexibility index (Phi) is 7.45. The van der Waals surface area contributed by atoms with E-state index in [4.69, 9.17) is 14.2 Å². The van der Waals surface area contributed by atoms with Crippen molar-refractivity contribution in [1.82, 2.24) is 9.62 Å². The summed E-state index contributed by atoms with van der Waals surface area (Å²) in [5.74, 6) is 0.414. The average molecular weight is 485 g/mol. The predicted molar refractivity (Wildman–Crippen MR) is 120 cm³/mol. The standard InChI is InChI=1S/C23H33FN2O6S/c1-15-10-21(25-33(2,28)29)22-14-32-19-6-4-16(5-7-19)17-11-18(24)13-20(12-17)30-8-3-9-31-23(27)26(15)22/h11-13,15-16,19,21-22,25H,3-10,14H2,1-2H3. The number of sulfonamides is 1. The zero-order chi connectivity index (χ0) is 23.6. The second kappa shape index (κ2) is 10.1. The maximum Gasteiger partial charge on any atom is 0.410 e. The summed E-state index contributed by atoms with van der Waals surface area (Å²) in [5.41, 5.74) is 0.937. The Labute approximate surface area is 194 Å². The minimum absolute atomic E-state index is 0.00822. The van der Waals surface area contributed by atoms with Crippen LogP contribution >= 0.6 is 0 Å². The van der Waals surface area contributed by atoms with Gasteiger partial charge < -0.3 is 14.2 Å². The second-order valence-electron chi connectivity index (χ2n) is 9.40. The van der Waals surface area contributed by atoms with Crippen LogP contribution in [0, 0.1) is 5.82 Å². The minimum Gasteiger partial charge on any atom is -0.493 e. The Morgan fingerprint density at radius 3 is 2.55 bits per heavy atom. The van der Waals surface area contributed by atoms with E-state index in [1.54, 1.807) is 11.0 Å². The van der Waals surface area contributed by atoms with E-state index in [1.165, 1.54) is 6.07 Å². The molecular formula is C23H33FN2O6S. The molecule has 0 spiro atoms. The van der Waals surface area contributed by atoms with E-state index in [9.17, 15) is 17.6 Å². The second-order valence-corrected chi connectivity index (χ2v) is 11.2. The Hall–Kier alpha value is -1.91. The summed E-state index contributed by atoms with van der Waals surface area (Å²) in [5, 5.41) is 0. The largest absolute Gasteiger partial charge is 0.493 e. The third-order valence-corrected chi connectivity index (χ3v) is 7.52. The van der Waals surface area contributed by atoms with Gasteiger partial charge in [0.25, 0.3) is 0 Å². The molecule has 1 aromatic rings. The van der Waals surface area contributed by atoms with Crippen molar-refractivity contribution in [3.8, 4) is 5.75 Å². The highest BCUT2D eigenvalue weighted by molar-refractivity contribution is 7.88. The molecule has 184 valence electrons. The highest BCUT2D eigenvalue weighted by Crippen LogP contribution is 2.36. The normalized spacial score (nSPS) is 31.4. The molecule has 4 bridgehead atoms. The summed E-state index contributed by atoms with van der Waals surface area (Å²) < 4.78 is 58.1. The molecule has 1 saturated heterocycles. The molecular weight excluding hydrogens is 451 g/mol. The maximum absolute atomic E-state index is 14.2. The monoisotopic (exact) mass is 484 g/mol. The first-order valence-electron chi connectivity index (χ1n) is 11.7. The molecule has 3 atom stereocenters. The topological polar surface area (TPSA) is 94.2 Å². The summed E-state index contributed by atoms with van der Waals surface area (Å²) in [6.45, 7) is 2.56. The first-order chi connectivity index (χ1) is 15.7. The molecule has 1 N–H and O–H groups in total. The number of halogens is 1. The van der Waals surface area contributed by atoms with Crippen molar-refractivity contribution in [2.75, 3.05) is 26.1 Å². The van der Waals surface area contributed by atoms with Crippen LogP contribution in [0.25, 0.3) is 0 Å². The van der Waals surface area contributed by atoms with Crippen molar-refractivity contribution in [3.63, 3.8) is 0 Å². The van der Waals surface area contributed by atoms with E-state index in [1.807, 2.05) is 13.0 Å². The van der Waals surface area contributed by atoms with Crippen LogP contribution < -0.4 is 9.46 Å². The Morgan fingerprint density at radius 1 is 1.09 bits per heavy atom. The highest BCUT2D eigenvalue weighted by Gasteiger charge is 2.44. The number of carbonyl (C=O) groups is 1. The molecule has 3 unspecified atom stereocenters. The van der Waals surface area contributed by atoms with Crippen LogP contribution in [0.15, 0.2) is 18.2 Å². The fraction of sp³-hybridized carbons (Fsp3) is 0.696. The van der Waals surface area contributed by atoms with Crippen LogP contribution in [0.5, 0.6) is 5.75 Å². The summed E-state index contributed by atoms with van der Waals surface area (Å²) in [6.07, 6.45) is 4.95. The van der Waals surface area contributed by atoms with E-state index < -0.39 is 28.2 Å². The SMILES string of the molecule is CC1CC(NS(C)(=O)=O)C2COC3CCC(CC3)c3cc(F)cc(c3)OCCCOC(=O)N12. The summed E-state index contributed by atoms with van der Waals surface area (Å²) in [7, 11) is -3.45. The number of nitrogens with zero attached hydrogens (tertiary/aromatic N) is 1.